The first-order chi connectivity index (χ1) is 12.8. The smallest absolute Gasteiger partial charge is 0.279 e. The van der Waals surface area contributed by atoms with Crippen molar-refractivity contribution in [1.29, 1.82) is 0 Å². The Labute approximate surface area is 159 Å². The first kappa shape index (κ1) is 20.3. The Bertz CT molecular complexity index is 818. The predicted octanol–water partition coefficient (Wildman–Crippen LogP) is 3.32. The van der Waals surface area contributed by atoms with Crippen LogP contribution >= 0.6 is 0 Å². The highest BCUT2D eigenvalue weighted by molar-refractivity contribution is 5.98. The highest BCUT2D eigenvalue weighted by Crippen LogP contribution is 2.19. The van der Waals surface area contributed by atoms with Crippen LogP contribution in [-0.2, 0) is 4.79 Å². The number of rotatable bonds is 6. The molecule has 2 amide bonds. The third-order valence-electron chi connectivity index (χ3n) is 3.95. The maximum atomic E-state index is 12.4. The lowest BCUT2D eigenvalue weighted by Gasteiger charge is -2.17. The van der Waals surface area contributed by atoms with Crippen molar-refractivity contribution in [3.05, 3.63) is 59.2 Å². The molecule has 0 bridgehead atoms. The van der Waals surface area contributed by atoms with Crippen molar-refractivity contribution >= 4 is 11.8 Å². The summed E-state index contributed by atoms with van der Waals surface area (Å²) in [5.41, 5.74) is 7.36. The molecule has 2 N–H and O–H groups in total. The van der Waals surface area contributed by atoms with Crippen molar-refractivity contribution in [2.75, 3.05) is 0 Å². The summed E-state index contributed by atoms with van der Waals surface area (Å²) in [5.74, 6) is 0.142. The molecule has 0 saturated carbocycles. The predicted molar refractivity (Wildman–Crippen MR) is 104 cm³/mol. The van der Waals surface area contributed by atoms with Gasteiger partial charge in [-0.15, -0.1) is 0 Å². The molecule has 0 fully saturated rings. The fourth-order valence-corrected chi connectivity index (χ4v) is 2.34. The van der Waals surface area contributed by atoms with Crippen LogP contribution in [0, 0.1) is 13.8 Å². The van der Waals surface area contributed by atoms with Gasteiger partial charge in [-0.1, -0.05) is 18.2 Å². The number of hydrazine groups is 1. The van der Waals surface area contributed by atoms with E-state index in [1.807, 2.05) is 45.9 Å². The number of nitrogens with one attached hydrogen (secondary N) is 2. The van der Waals surface area contributed by atoms with Gasteiger partial charge in [0.2, 0.25) is 0 Å². The van der Waals surface area contributed by atoms with E-state index < -0.39 is 17.9 Å². The van der Waals surface area contributed by atoms with Gasteiger partial charge in [0.15, 0.2) is 6.10 Å². The van der Waals surface area contributed by atoms with Gasteiger partial charge in [0.05, 0.1) is 11.7 Å². The molecule has 0 saturated heterocycles. The van der Waals surface area contributed by atoms with Gasteiger partial charge in [-0.3, -0.25) is 20.4 Å². The number of aryl methyl sites for hydroxylation is 2. The van der Waals surface area contributed by atoms with E-state index in [0.29, 0.717) is 17.1 Å². The van der Waals surface area contributed by atoms with Gasteiger partial charge in [-0.2, -0.15) is 0 Å². The summed E-state index contributed by atoms with van der Waals surface area (Å²) in [7, 11) is 0. The first-order valence-corrected chi connectivity index (χ1v) is 8.87. The number of carbonyl (C=O) groups excluding carboxylic acids is 2. The molecule has 0 aliphatic rings. The van der Waals surface area contributed by atoms with E-state index in [1.165, 1.54) is 0 Å². The normalized spacial score (nSPS) is 11.6. The molecule has 0 heterocycles. The first-order valence-electron chi connectivity index (χ1n) is 8.87. The summed E-state index contributed by atoms with van der Waals surface area (Å²) >= 11 is 0. The number of carbonyl (C=O) groups is 2. The lowest BCUT2D eigenvalue weighted by atomic mass is 10.1. The van der Waals surface area contributed by atoms with Crippen molar-refractivity contribution in [1.82, 2.24) is 10.9 Å². The molecule has 0 aliphatic carbocycles. The standard InChI is InChI=1S/C21H26N2O4/c1-13(2)26-19-9-7-6-8-18(19)21(25)23-22-20(24)16(5)27-17-11-10-14(3)15(4)12-17/h6-13,16H,1-5H3,(H,22,24)(H,23,25). The summed E-state index contributed by atoms with van der Waals surface area (Å²) in [6, 6.07) is 12.5. The summed E-state index contributed by atoms with van der Waals surface area (Å²) < 4.78 is 11.3. The number of benzene rings is 2. The average molecular weight is 370 g/mol. The van der Waals surface area contributed by atoms with Crippen LogP contribution in [0.5, 0.6) is 11.5 Å². The van der Waals surface area contributed by atoms with E-state index in [4.69, 9.17) is 9.47 Å². The van der Waals surface area contributed by atoms with Gasteiger partial charge in [0.25, 0.3) is 11.8 Å². The number of hydrogen-bond donors (Lipinski definition) is 2. The van der Waals surface area contributed by atoms with E-state index in [0.717, 1.165) is 11.1 Å². The van der Waals surface area contributed by atoms with Crippen LogP contribution in [0.2, 0.25) is 0 Å². The Balaban J connectivity index is 1.94. The number of ether oxygens (including phenoxy) is 2. The second-order valence-electron chi connectivity index (χ2n) is 6.61. The van der Waals surface area contributed by atoms with Crippen LogP contribution in [-0.4, -0.2) is 24.0 Å². The van der Waals surface area contributed by atoms with Gasteiger partial charge in [0.1, 0.15) is 11.5 Å². The lowest BCUT2D eigenvalue weighted by molar-refractivity contribution is -0.128. The van der Waals surface area contributed by atoms with Crippen molar-refractivity contribution in [3.8, 4) is 11.5 Å². The maximum Gasteiger partial charge on any atom is 0.279 e. The Kier molecular flexibility index (Phi) is 6.82. The van der Waals surface area contributed by atoms with Crippen LogP contribution in [0.4, 0.5) is 0 Å². The molecular formula is C21H26N2O4. The van der Waals surface area contributed by atoms with E-state index >= 15 is 0 Å². The minimum atomic E-state index is -0.769. The van der Waals surface area contributed by atoms with E-state index in [1.54, 1.807) is 31.2 Å². The Morgan fingerprint density at radius 1 is 0.889 bits per heavy atom. The molecule has 2 rings (SSSR count). The fourth-order valence-electron chi connectivity index (χ4n) is 2.34. The Hall–Kier alpha value is -3.02. The summed E-state index contributed by atoms with van der Waals surface area (Å²) in [6.45, 7) is 9.35. The zero-order chi connectivity index (χ0) is 20.0. The van der Waals surface area contributed by atoms with Crippen LogP contribution in [0.1, 0.15) is 42.3 Å². The topological polar surface area (TPSA) is 76.7 Å². The molecule has 0 radical (unpaired) electrons. The molecule has 144 valence electrons. The average Bonchev–Trinajstić information content (AvgIpc) is 2.62. The van der Waals surface area contributed by atoms with Crippen LogP contribution in [0.25, 0.3) is 0 Å². The maximum absolute atomic E-state index is 12.4. The molecule has 0 spiro atoms. The molecule has 0 aliphatic heterocycles. The summed E-state index contributed by atoms with van der Waals surface area (Å²) in [6.07, 6.45) is -0.838. The van der Waals surface area contributed by atoms with E-state index in [2.05, 4.69) is 10.9 Å². The van der Waals surface area contributed by atoms with Crippen LogP contribution < -0.4 is 20.3 Å². The Morgan fingerprint density at radius 2 is 1.59 bits per heavy atom. The molecule has 2 aromatic carbocycles. The fraction of sp³-hybridized carbons (Fsp3) is 0.333. The van der Waals surface area contributed by atoms with E-state index in [9.17, 15) is 9.59 Å². The van der Waals surface area contributed by atoms with Gasteiger partial charge >= 0.3 is 0 Å². The third-order valence-corrected chi connectivity index (χ3v) is 3.95. The highest BCUT2D eigenvalue weighted by Gasteiger charge is 2.18. The minimum absolute atomic E-state index is 0.0695. The molecule has 2 aromatic rings. The van der Waals surface area contributed by atoms with Crippen molar-refractivity contribution in [3.63, 3.8) is 0 Å². The monoisotopic (exact) mass is 370 g/mol. The quantitative estimate of drug-likeness (QED) is 0.765. The molecular weight excluding hydrogens is 344 g/mol. The number of para-hydroxylation sites is 1. The SMILES string of the molecule is Cc1ccc(OC(C)C(=O)NNC(=O)c2ccccc2OC(C)C)cc1C. The molecule has 27 heavy (non-hydrogen) atoms. The highest BCUT2D eigenvalue weighted by atomic mass is 16.5. The zero-order valence-corrected chi connectivity index (χ0v) is 16.3. The van der Waals surface area contributed by atoms with Gasteiger partial charge in [-0.05, 0) is 70.0 Å². The van der Waals surface area contributed by atoms with Gasteiger partial charge in [-0.25, -0.2) is 0 Å². The van der Waals surface area contributed by atoms with Crippen molar-refractivity contribution in [2.45, 2.75) is 46.8 Å². The Morgan fingerprint density at radius 3 is 2.26 bits per heavy atom. The van der Waals surface area contributed by atoms with Crippen LogP contribution in [0.3, 0.4) is 0 Å². The van der Waals surface area contributed by atoms with Crippen LogP contribution in [0.15, 0.2) is 42.5 Å². The van der Waals surface area contributed by atoms with Gasteiger partial charge < -0.3 is 9.47 Å². The molecule has 1 atom stereocenters. The third kappa shape index (κ3) is 5.74. The number of amides is 2. The summed E-state index contributed by atoms with van der Waals surface area (Å²) in [5, 5.41) is 0. The lowest BCUT2D eigenvalue weighted by Crippen LogP contribution is -2.47. The summed E-state index contributed by atoms with van der Waals surface area (Å²) in [4.78, 5) is 24.6. The number of hydrogen-bond acceptors (Lipinski definition) is 4. The molecule has 6 nitrogen and oxygen atoms in total. The largest absolute Gasteiger partial charge is 0.490 e. The van der Waals surface area contributed by atoms with Gasteiger partial charge in [0, 0.05) is 0 Å². The molecule has 1 unspecified atom stereocenters. The molecule has 0 aromatic heterocycles. The second kappa shape index (κ2) is 9.07. The van der Waals surface area contributed by atoms with E-state index in [-0.39, 0.29) is 6.10 Å². The molecule has 6 heteroatoms. The van der Waals surface area contributed by atoms with Crippen molar-refractivity contribution < 1.29 is 19.1 Å². The second-order valence-corrected chi connectivity index (χ2v) is 6.61. The van der Waals surface area contributed by atoms with Crippen molar-refractivity contribution in [2.24, 2.45) is 0 Å². The zero-order valence-electron chi connectivity index (χ0n) is 16.3. The minimum Gasteiger partial charge on any atom is -0.490 e.